The molecule has 2 heterocycles. The van der Waals surface area contributed by atoms with E-state index in [1.165, 1.54) is 26.2 Å². The van der Waals surface area contributed by atoms with Crippen LogP contribution in [0.15, 0.2) is 53.7 Å². The van der Waals surface area contributed by atoms with Crippen LogP contribution in [0.25, 0.3) is 0 Å². The Hall–Kier alpha value is -3.48. The van der Waals surface area contributed by atoms with Crippen molar-refractivity contribution in [3.63, 3.8) is 0 Å². The number of anilines is 1. The number of rotatable bonds is 6. The van der Waals surface area contributed by atoms with E-state index < -0.39 is 49.7 Å². The van der Waals surface area contributed by atoms with Gasteiger partial charge in [-0.1, -0.05) is 19.3 Å². The molecule has 2 fully saturated rings. The number of aromatic nitrogens is 1. The topological polar surface area (TPSA) is 117 Å². The minimum absolute atomic E-state index is 0.0728. The minimum atomic E-state index is -5.61. The second kappa shape index (κ2) is 10.0. The van der Waals surface area contributed by atoms with Crippen molar-refractivity contribution in [1.29, 1.82) is 0 Å². The minimum Gasteiger partial charge on any atom is -0.351 e. The van der Waals surface area contributed by atoms with Gasteiger partial charge in [-0.2, -0.15) is 13.2 Å². The molecule has 1 aromatic carbocycles. The third-order valence-electron chi connectivity index (χ3n) is 6.92. The summed E-state index contributed by atoms with van der Waals surface area (Å²) < 4.78 is 62.3. The first-order chi connectivity index (χ1) is 17.8. The number of sulfone groups is 1. The number of halogens is 3. The van der Waals surface area contributed by atoms with E-state index >= 15 is 0 Å². The third-order valence-corrected chi connectivity index (χ3v) is 8.42. The van der Waals surface area contributed by atoms with Gasteiger partial charge in [-0.05, 0) is 68.7 Å². The van der Waals surface area contributed by atoms with Crippen molar-refractivity contribution in [1.82, 2.24) is 15.2 Å². The lowest BCUT2D eigenvalue weighted by molar-refractivity contribution is -0.130. The number of nitrogens with zero attached hydrogens (tertiary/aromatic N) is 3. The van der Waals surface area contributed by atoms with Gasteiger partial charge in [0.1, 0.15) is 11.6 Å². The van der Waals surface area contributed by atoms with Crippen molar-refractivity contribution in [3.8, 4) is 0 Å². The van der Waals surface area contributed by atoms with Crippen LogP contribution in [0.3, 0.4) is 0 Å². The average molecular weight is 553 g/mol. The fourth-order valence-corrected chi connectivity index (χ4v) is 5.63. The van der Waals surface area contributed by atoms with Crippen molar-refractivity contribution in [2.45, 2.75) is 74.0 Å². The summed E-state index contributed by atoms with van der Waals surface area (Å²) >= 11 is 0. The Balaban J connectivity index is 1.70. The fraction of sp³-hybridized carbons (Fsp3) is 0.440. The molecule has 38 heavy (non-hydrogen) atoms. The first-order valence-electron chi connectivity index (χ1n) is 12.1. The zero-order valence-corrected chi connectivity index (χ0v) is 21.6. The van der Waals surface area contributed by atoms with Crippen LogP contribution in [-0.2, 0) is 19.4 Å². The molecule has 4 amide bonds. The van der Waals surface area contributed by atoms with Gasteiger partial charge in [0.2, 0.25) is 5.91 Å². The molecule has 0 bridgehead atoms. The standard InChI is InChI=1S/C25H27F3N4O5S/c1-24(2)22(34)31(18-8-10-19(11-9-18)38(36,37)25(26,27)28)23(35)32(24)20(16-12-14-29-15-13-16)21(33)30-17-6-4-3-5-7-17/h8-15,17,20H,3-7H2,1-2H3,(H,30,33). The number of pyridine rings is 1. The highest BCUT2D eigenvalue weighted by molar-refractivity contribution is 7.92. The zero-order valence-electron chi connectivity index (χ0n) is 20.7. The smallest absolute Gasteiger partial charge is 0.351 e. The highest BCUT2D eigenvalue weighted by Gasteiger charge is 2.56. The normalized spacial score (nSPS) is 19.5. The SMILES string of the molecule is CC1(C)C(=O)N(c2ccc(S(=O)(=O)C(F)(F)F)cc2)C(=O)N1C(C(=O)NC1CCCCC1)c1ccncc1. The lowest BCUT2D eigenvalue weighted by atomic mass is 9.94. The number of hydrogen-bond donors (Lipinski definition) is 1. The van der Waals surface area contributed by atoms with Gasteiger partial charge in [-0.15, -0.1) is 0 Å². The van der Waals surface area contributed by atoms with Gasteiger partial charge in [-0.25, -0.2) is 18.1 Å². The van der Waals surface area contributed by atoms with Gasteiger partial charge in [0.25, 0.3) is 15.7 Å². The largest absolute Gasteiger partial charge is 0.501 e. The summed E-state index contributed by atoms with van der Waals surface area (Å²) in [4.78, 5) is 45.6. The number of carbonyl (C=O) groups excluding carboxylic acids is 3. The Labute approximate surface area is 217 Å². The molecule has 1 saturated heterocycles. The number of imide groups is 1. The van der Waals surface area contributed by atoms with E-state index in [9.17, 15) is 36.0 Å². The van der Waals surface area contributed by atoms with Crippen LogP contribution in [0.5, 0.6) is 0 Å². The Morgan fingerprint density at radius 1 is 1.03 bits per heavy atom. The van der Waals surface area contributed by atoms with E-state index in [0.29, 0.717) is 17.7 Å². The molecular formula is C25H27F3N4O5S. The molecule has 1 saturated carbocycles. The first-order valence-corrected chi connectivity index (χ1v) is 13.5. The Morgan fingerprint density at radius 2 is 1.61 bits per heavy atom. The van der Waals surface area contributed by atoms with Crippen LogP contribution < -0.4 is 10.2 Å². The monoisotopic (exact) mass is 552 g/mol. The molecule has 1 atom stereocenters. The first kappa shape index (κ1) is 27.6. The van der Waals surface area contributed by atoms with Gasteiger partial charge in [-0.3, -0.25) is 19.5 Å². The summed E-state index contributed by atoms with van der Waals surface area (Å²) in [6.45, 7) is 2.94. The Kier molecular flexibility index (Phi) is 7.26. The van der Waals surface area contributed by atoms with E-state index in [1.807, 2.05) is 0 Å². The van der Waals surface area contributed by atoms with Crippen LogP contribution in [0.1, 0.15) is 57.6 Å². The summed E-state index contributed by atoms with van der Waals surface area (Å²) in [6, 6.07) is 4.28. The summed E-state index contributed by atoms with van der Waals surface area (Å²) in [5, 5.41) is 3.00. The van der Waals surface area contributed by atoms with Crippen LogP contribution in [0.4, 0.5) is 23.7 Å². The van der Waals surface area contributed by atoms with Crippen molar-refractivity contribution < 1.29 is 36.0 Å². The summed E-state index contributed by atoms with van der Waals surface area (Å²) in [6.07, 6.45) is 7.52. The lowest BCUT2D eigenvalue weighted by Crippen LogP contribution is -2.52. The fourth-order valence-electron chi connectivity index (χ4n) is 4.87. The Morgan fingerprint density at radius 3 is 2.16 bits per heavy atom. The van der Waals surface area contributed by atoms with Gasteiger partial charge in [0.15, 0.2) is 0 Å². The lowest BCUT2D eigenvalue weighted by Gasteiger charge is -2.36. The zero-order chi connectivity index (χ0) is 27.9. The third kappa shape index (κ3) is 4.86. The molecule has 4 rings (SSSR count). The van der Waals surface area contributed by atoms with Crippen molar-refractivity contribution in [2.75, 3.05) is 4.90 Å². The highest BCUT2D eigenvalue weighted by Crippen LogP contribution is 2.39. The molecule has 0 spiro atoms. The molecule has 1 aliphatic carbocycles. The van der Waals surface area contributed by atoms with Crippen LogP contribution in [0, 0.1) is 0 Å². The molecule has 9 nitrogen and oxygen atoms in total. The van der Waals surface area contributed by atoms with Gasteiger partial charge >= 0.3 is 11.5 Å². The molecule has 0 radical (unpaired) electrons. The number of nitrogens with one attached hydrogen (secondary N) is 1. The molecule has 2 aliphatic rings. The average Bonchev–Trinajstić information content (AvgIpc) is 3.04. The van der Waals surface area contributed by atoms with Crippen molar-refractivity contribution >= 4 is 33.4 Å². The van der Waals surface area contributed by atoms with E-state index in [4.69, 9.17) is 0 Å². The quantitative estimate of drug-likeness (QED) is 0.539. The molecular weight excluding hydrogens is 525 g/mol. The molecule has 1 aliphatic heterocycles. The van der Waals surface area contributed by atoms with Gasteiger partial charge in [0.05, 0.1) is 10.6 Å². The predicted octanol–water partition coefficient (Wildman–Crippen LogP) is 4.11. The number of amides is 4. The Bertz CT molecular complexity index is 1330. The van der Waals surface area contributed by atoms with E-state index in [0.717, 1.165) is 54.0 Å². The molecule has 2 aromatic rings. The molecule has 13 heteroatoms. The number of alkyl halides is 3. The maximum absolute atomic E-state index is 13.7. The molecule has 1 unspecified atom stereocenters. The number of carbonyl (C=O) groups is 3. The van der Waals surface area contributed by atoms with Gasteiger partial charge in [0, 0.05) is 18.4 Å². The summed E-state index contributed by atoms with van der Waals surface area (Å²) in [7, 11) is -5.61. The maximum atomic E-state index is 13.7. The van der Waals surface area contributed by atoms with Crippen LogP contribution in [0.2, 0.25) is 0 Å². The molecule has 1 aromatic heterocycles. The highest BCUT2D eigenvalue weighted by atomic mass is 32.2. The molecule has 204 valence electrons. The summed E-state index contributed by atoms with van der Waals surface area (Å²) in [5.41, 5.74) is -6.73. The van der Waals surface area contributed by atoms with E-state index in [2.05, 4.69) is 10.3 Å². The molecule has 1 N–H and O–H groups in total. The van der Waals surface area contributed by atoms with Gasteiger partial charge < -0.3 is 5.32 Å². The second-order valence-electron chi connectivity index (χ2n) is 9.82. The van der Waals surface area contributed by atoms with Crippen LogP contribution in [-0.4, -0.2) is 53.2 Å². The number of urea groups is 1. The number of benzene rings is 1. The van der Waals surface area contributed by atoms with Crippen molar-refractivity contribution in [3.05, 3.63) is 54.4 Å². The van der Waals surface area contributed by atoms with Crippen LogP contribution >= 0.6 is 0 Å². The summed E-state index contributed by atoms with van der Waals surface area (Å²) in [5.74, 6) is -1.19. The van der Waals surface area contributed by atoms with Crippen molar-refractivity contribution in [2.24, 2.45) is 0 Å². The number of hydrogen-bond acceptors (Lipinski definition) is 6. The predicted molar refractivity (Wildman–Crippen MR) is 130 cm³/mol. The van der Waals surface area contributed by atoms with E-state index in [-0.39, 0.29) is 11.7 Å². The van der Waals surface area contributed by atoms with E-state index in [1.54, 1.807) is 12.1 Å². The second-order valence-corrected chi connectivity index (χ2v) is 11.8. The maximum Gasteiger partial charge on any atom is 0.501 e.